The molecule has 0 unspecified atom stereocenters. The quantitative estimate of drug-likeness (QED) is 0.679. The smallest absolute Gasteiger partial charge is 0.137 e. The lowest BCUT2D eigenvalue weighted by molar-refractivity contribution is -0.190. The van der Waals surface area contributed by atoms with Crippen LogP contribution in [0.5, 0.6) is 0 Å². The van der Waals surface area contributed by atoms with Gasteiger partial charge in [-0.05, 0) is 75.0 Å². The minimum absolute atomic E-state index is 0.00605. The van der Waals surface area contributed by atoms with E-state index < -0.39 is 17.1 Å². The number of hydrogen-bond acceptors (Lipinski definition) is 4. The standard InChI is InChI=1S/C21H34O4/c1-12(22)21(25)9-7-16-15-5-4-13-10-14(23)6-8-19(13,2)18(15)17(24)11-20(16,21)3/h12-16,18,22-23,25H,4-11H2,1-3H3/t12-,13-,14-,15+,16-,18-,19+,20+,21+/m1/s1. The van der Waals surface area contributed by atoms with Crippen molar-refractivity contribution in [1.29, 1.82) is 0 Å². The van der Waals surface area contributed by atoms with E-state index in [9.17, 15) is 20.1 Å². The third kappa shape index (κ3) is 2.20. The van der Waals surface area contributed by atoms with Gasteiger partial charge in [0.15, 0.2) is 0 Å². The Bertz CT molecular complexity index is 574. The van der Waals surface area contributed by atoms with Crippen molar-refractivity contribution >= 4 is 5.78 Å². The number of carbonyl (C=O) groups is 1. The zero-order valence-electron chi connectivity index (χ0n) is 15.9. The van der Waals surface area contributed by atoms with Gasteiger partial charge >= 0.3 is 0 Å². The summed E-state index contributed by atoms with van der Waals surface area (Å²) in [5.74, 6) is 1.47. The van der Waals surface area contributed by atoms with Gasteiger partial charge in [0.1, 0.15) is 5.78 Å². The number of hydrogen-bond donors (Lipinski definition) is 3. The summed E-state index contributed by atoms with van der Waals surface area (Å²) in [7, 11) is 0. The van der Waals surface area contributed by atoms with E-state index in [1.165, 1.54) is 0 Å². The van der Waals surface area contributed by atoms with Crippen molar-refractivity contribution < 1.29 is 20.1 Å². The van der Waals surface area contributed by atoms with Crippen LogP contribution < -0.4 is 0 Å². The van der Waals surface area contributed by atoms with Crippen LogP contribution in [-0.4, -0.2) is 38.9 Å². The molecule has 0 saturated heterocycles. The second-order valence-corrected chi connectivity index (χ2v) is 10.2. The monoisotopic (exact) mass is 350 g/mol. The van der Waals surface area contributed by atoms with Crippen LogP contribution in [0.25, 0.3) is 0 Å². The molecule has 9 atom stereocenters. The molecule has 0 bridgehead atoms. The molecule has 0 amide bonds. The molecule has 4 saturated carbocycles. The Labute approximate surface area is 151 Å². The van der Waals surface area contributed by atoms with Gasteiger partial charge in [-0.2, -0.15) is 0 Å². The second-order valence-electron chi connectivity index (χ2n) is 10.2. The molecule has 0 radical (unpaired) electrons. The number of aliphatic hydroxyl groups is 3. The summed E-state index contributed by atoms with van der Waals surface area (Å²) in [6, 6.07) is 0. The summed E-state index contributed by atoms with van der Waals surface area (Å²) in [5.41, 5.74) is -1.64. The lowest BCUT2D eigenvalue weighted by Crippen LogP contribution is -2.62. The molecule has 4 heteroatoms. The minimum atomic E-state index is -1.14. The van der Waals surface area contributed by atoms with Gasteiger partial charge in [0.25, 0.3) is 0 Å². The number of ketones is 1. The molecule has 0 aromatic carbocycles. The number of rotatable bonds is 1. The van der Waals surface area contributed by atoms with E-state index in [2.05, 4.69) is 6.92 Å². The number of aliphatic hydroxyl groups excluding tert-OH is 2. The normalized spacial score (nSPS) is 56.7. The summed E-state index contributed by atoms with van der Waals surface area (Å²) < 4.78 is 0. The Hall–Kier alpha value is -0.450. The van der Waals surface area contributed by atoms with Crippen LogP contribution in [-0.2, 0) is 4.79 Å². The van der Waals surface area contributed by atoms with E-state index in [0.29, 0.717) is 36.4 Å². The maximum Gasteiger partial charge on any atom is 0.137 e. The Morgan fingerprint density at radius 3 is 2.52 bits per heavy atom. The molecule has 4 fully saturated rings. The van der Waals surface area contributed by atoms with Crippen molar-refractivity contribution in [2.45, 2.75) is 89.9 Å². The molecule has 0 heterocycles. The third-order valence-electron chi connectivity index (χ3n) is 9.23. The molecule has 4 nitrogen and oxygen atoms in total. The van der Waals surface area contributed by atoms with Gasteiger partial charge in [0.05, 0.1) is 17.8 Å². The molecule has 0 aromatic heterocycles. The van der Waals surface area contributed by atoms with Gasteiger partial charge in [-0.3, -0.25) is 4.79 Å². The topological polar surface area (TPSA) is 77.8 Å². The van der Waals surface area contributed by atoms with Crippen LogP contribution in [0.2, 0.25) is 0 Å². The number of carbonyl (C=O) groups excluding carboxylic acids is 1. The van der Waals surface area contributed by atoms with Gasteiger partial charge < -0.3 is 15.3 Å². The highest BCUT2D eigenvalue weighted by Crippen LogP contribution is 2.67. The first-order valence-corrected chi connectivity index (χ1v) is 10.2. The maximum atomic E-state index is 13.4. The summed E-state index contributed by atoms with van der Waals surface area (Å²) in [6.07, 6.45) is 5.60. The first-order valence-electron chi connectivity index (χ1n) is 10.2. The third-order valence-corrected chi connectivity index (χ3v) is 9.23. The molecule has 0 spiro atoms. The summed E-state index contributed by atoms with van der Waals surface area (Å²) in [5, 5.41) is 31.6. The molecule has 3 N–H and O–H groups in total. The first kappa shape index (κ1) is 17.9. The predicted octanol–water partition coefficient (Wildman–Crippen LogP) is 2.68. The van der Waals surface area contributed by atoms with Crippen molar-refractivity contribution in [1.82, 2.24) is 0 Å². The van der Waals surface area contributed by atoms with Crippen LogP contribution in [0.15, 0.2) is 0 Å². The van der Waals surface area contributed by atoms with E-state index in [0.717, 1.165) is 38.5 Å². The zero-order chi connectivity index (χ0) is 18.2. The Morgan fingerprint density at radius 1 is 1.12 bits per heavy atom. The van der Waals surface area contributed by atoms with Crippen LogP contribution in [0, 0.1) is 34.5 Å². The van der Waals surface area contributed by atoms with E-state index in [-0.39, 0.29) is 17.4 Å². The number of Topliss-reactive ketones (excluding diaryl/α,β-unsaturated/α-hetero) is 1. The van der Waals surface area contributed by atoms with Crippen LogP contribution in [0.1, 0.15) is 72.1 Å². The van der Waals surface area contributed by atoms with Crippen LogP contribution >= 0.6 is 0 Å². The Morgan fingerprint density at radius 2 is 1.84 bits per heavy atom. The SMILES string of the molecule is C[C@@H](O)[C@@]1(O)CC[C@@H]2[C@@H]3CC[C@@H]4C[C@H](O)CC[C@]4(C)[C@H]3C(=O)C[C@@]21C. The highest BCUT2D eigenvalue weighted by molar-refractivity contribution is 5.84. The maximum absolute atomic E-state index is 13.4. The van der Waals surface area contributed by atoms with E-state index in [1.54, 1.807) is 6.92 Å². The average molecular weight is 350 g/mol. The van der Waals surface area contributed by atoms with Gasteiger partial charge in [-0.15, -0.1) is 0 Å². The summed E-state index contributed by atoms with van der Waals surface area (Å²) >= 11 is 0. The fraction of sp³-hybridized carbons (Fsp3) is 0.952. The molecule has 4 rings (SSSR count). The predicted molar refractivity (Wildman–Crippen MR) is 94.8 cm³/mol. The van der Waals surface area contributed by atoms with Gasteiger partial charge in [0.2, 0.25) is 0 Å². The van der Waals surface area contributed by atoms with Crippen molar-refractivity contribution in [3.63, 3.8) is 0 Å². The summed E-state index contributed by atoms with van der Waals surface area (Å²) in [6.45, 7) is 6.01. The largest absolute Gasteiger partial charge is 0.393 e. The summed E-state index contributed by atoms with van der Waals surface area (Å²) in [4.78, 5) is 13.4. The highest BCUT2D eigenvalue weighted by Gasteiger charge is 2.68. The van der Waals surface area contributed by atoms with Crippen molar-refractivity contribution in [3.8, 4) is 0 Å². The van der Waals surface area contributed by atoms with Crippen molar-refractivity contribution in [2.75, 3.05) is 0 Å². The van der Waals surface area contributed by atoms with Gasteiger partial charge in [-0.25, -0.2) is 0 Å². The molecular formula is C21H34O4. The minimum Gasteiger partial charge on any atom is -0.393 e. The molecule has 4 aliphatic rings. The van der Waals surface area contributed by atoms with E-state index in [4.69, 9.17) is 0 Å². The fourth-order valence-electron chi connectivity index (χ4n) is 7.77. The number of fused-ring (bicyclic) bond motifs is 5. The molecule has 0 aliphatic heterocycles. The Kier molecular flexibility index (Phi) is 3.97. The molecule has 142 valence electrons. The second kappa shape index (κ2) is 5.53. The molecule has 0 aromatic rings. The lowest BCUT2D eigenvalue weighted by atomic mass is 9.44. The van der Waals surface area contributed by atoms with Gasteiger partial charge in [-0.1, -0.05) is 13.8 Å². The Balaban J connectivity index is 1.70. The van der Waals surface area contributed by atoms with Crippen molar-refractivity contribution in [3.05, 3.63) is 0 Å². The molecular weight excluding hydrogens is 316 g/mol. The molecule has 4 aliphatic carbocycles. The first-order chi connectivity index (χ1) is 11.6. The lowest BCUT2D eigenvalue weighted by Gasteiger charge is -2.60. The van der Waals surface area contributed by atoms with Gasteiger partial charge in [0, 0.05) is 17.8 Å². The van der Waals surface area contributed by atoms with E-state index >= 15 is 0 Å². The van der Waals surface area contributed by atoms with Crippen LogP contribution in [0.4, 0.5) is 0 Å². The molecule has 25 heavy (non-hydrogen) atoms. The highest BCUT2D eigenvalue weighted by atomic mass is 16.3. The average Bonchev–Trinajstić information content (AvgIpc) is 2.80. The fourth-order valence-corrected chi connectivity index (χ4v) is 7.77. The van der Waals surface area contributed by atoms with Crippen molar-refractivity contribution in [2.24, 2.45) is 34.5 Å². The van der Waals surface area contributed by atoms with Crippen LogP contribution in [0.3, 0.4) is 0 Å². The zero-order valence-corrected chi connectivity index (χ0v) is 15.9. The van der Waals surface area contributed by atoms with E-state index in [1.807, 2.05) is 6.92 Å².